The van der Waals surface area contributed by atoms with Crippen molar-refractivity contribution in [1.82, 2.24) is 15.2 Å². The number of fused-ring (bicyclic) bond motifs is 2. The van der Waals surface area contributed by atoms with E-state index in [0.29, 0.717) is 30.4 Å². The predicted molar refractivity (Wildman–Crippen MR) is 124 cm³/mol. The Morgan fingerprint density at radius 3 is 2.88 bits per heavy atom. The molecule has 2 aromatic carbocycles. The van der Waals surface area contributed by atoms with Crippen molar-refractivity contribution in [3.63, 3.8) is 0 Å². The maximum atomic E-state index is 13.4. The molecule has 2 heterocycles. The Bertz CT molecular complexity index is 1210. The van der Waals surface area contributed by atoms with Gasteiger partial charge in [-0.15, -0.1) is 0 Å². The number of benzene rings is 2. The predicted octanol–water partition coefficient (Wildman–Crippen LogP) is 5.62. The molecule has 5 nitrogen and oxygen atoms in total. The Balaban J connectivity index is 1.24. The number of nitrogens with one attached hydrogen (secondary N) is 2. The molecule has 5 rings (SSSR count). The molecule has 1 saturated carbocycles. The first-order valence-electron chi connectivity index (χ1n) is 11.4. The topological polar surface area (TPSA) is 61.3 Å². The molecule has 2 atom stereocenters. The summed E-state index contributed by atoms with van der Waals surface area (Å²) in [7, 11) is 0. The fraction of sp³-hybridized carbons (Fsp3) is 0.346. The number of aromatic amines is 1. The second-order valence-corrected chi connectivity index (χ2v) is 8.65. The summed E-state index contributed by atoms with van der Waals surface area (Å²) in [6, 6.07) is 16.9. The van der Waals surface area contributed by atoms with Crippen LogP contribution in [0, 0.1) is 5.82 Å². The van der Waals surface area contributed by atoms with Crippen LogP contribution >= 0.6 is 0 Å². The molecule has 1 fully saturated rings. The number of hydrogen-bond donors (Lipinski definition) is 2. The van der Waals surface area contributed by atoms with E-state index in [0.717, 1.165) is 47.7 Å². The summed E-state index contributed by atoms with van der Waals surface area (Å²) in [5.41, 5.74) is 2.34. The molecule has 0 radical (unpaired) electrons. The zero-order valence-corrected chi connectivity index (χ0v) is 18.2. The largest absolute Gasteiger partial charge is 0.460 e. The van der Waals surface area contributed by atoms with E-state index in [1.54, 1.807) is 6.07 Å². The molecule has 0 bridgehead atoms. The summed E-state index contributed by atoms with van der Waals surface area (Å²) in [5, 5.41) is 5.43. The fourth-order valence-corrected chi connectivity index (χ4v) is 4.94. The van der Waals surface area contributed by atoms with E-state index in [9.17, 15) is 9.18 Å². The van der Waals surface area contributed by atoms with Gasteiger partial charge in [-0.3, -0.25) is 4.79 Å². The van der Waals surface area contributed by atoms with E-state index in [4.69, 9.17) is 4.42 Å². The van der Waals surface area contributed by atoms with Gasteiger partial charge >= 0.3 is 0 Å². The van der Waals surface area contributed by atoms with Gasteiger partial charge < -0.3 is 19.6 Å². The summed E-state index contributed by atoms with van der Waals surface area (Å²) in [5.74, 6) is 0.607. The van der Waals surface area contributed by atoms with Crippen LogP contribution in [0.5, 0.6) is 0 Å². The van der Waals surface area contributed by atoms with E-state index < -0.39 is 0 Å². The molecule has 166 valence electrons. The number of para-hydroxylation sites is 1. The van der Waals surface area contributed by atoms with Gasteiger partial charge in [-0.25, -0.2) is 4.39 Å². The third kappa shape index (κ3) is 4.15. The number of H-pyrrole nitrogens is 1. The first-order chi connectivity index (χ1) is 15.6. The molecule has 4 aromatic rings. The number of hydrogen-bond acceptors (Lipinski definition) is 3. The minimum Gasteiger partial charge on any atom is -0.460 e. The number of carbonyl (C=O) groups excluding carboxylic acids is 1. The number of furan rings is 1. The zero-order valence-electron chi connectivity index (χ0n) is 18.2. The van der Waals surface area contributed by atoms with Gasteiger partial charge in [-0.2, -0.15) is 0 Å². The summed E-state index contributed by atoms with van der Waals surface area (Å²) < 4.78 is 19.3. The van der Waals surface area contributed by atoms with Gasteiger partial charge in [0.2, 0.25) is 0 Å². The molecule has 0 saturated heterocycles. The molecular formula is C26H28FN3O2. The fourth-order valence-electron chi connectivity index (χ4n) is 4.94. The van der Waals surface area contributed by atoms with Crippen molar-refractivity contribution >= 4 is 27.8 Å². The van der Waals surface area contributed by atoms with Crippen molar-refractivity contribution in [2.45, 2.75) is 51.2 Å². The van der Waals surface area contributed by atoms with Crippen molar-refractivity contribution in [3.05, 3.63) is 71.9 Å². The first-order valence-corrected chi connectivity index (χ1v) is 11.4. The highest BCUT2D eigenvalue weighted by atomic mass is 19.1. The highest BCUT2D eigenvalue weighted by molar-refractivity contribution is 5.98. The van der Waals surface area contributed by atoms with Crippen molar-refractivity contribution in [1.29, 1.82) is 0 Å². The van der Waals surface area contributed by atoms with Crippen molar-refractivity contribution < 1.29 is 13.6 Å². The van der Waals surface area contributed by atoms with Crippen LogP contribution in [0.3, 0.4) is 0 Å². The van der Waals surface area contributed by atoms with Crippen molar-refractivity contribution in [2.75, 3.05) is 6.54 Å². The van der Waals surface area contributed by atoms with Gasteiger partial charge in [-0.1, -0.05) is 18.2 Å². The van der Waals surface area contributed by atoms with Crippen LogP contribution in [-0.2, 0) is 6.54 Å². The molecule has 1 amide bonds. The smallest absolute Gasteiger partial charge is 0.270 e. The lowest BCUT2D eigenvalue weighted by atomic mass is 9.89. The lowest BCUT2D eigenvalue weighted by molar-refractivity contribution is 0.0622. The Kier molecular flexibility index (Phi) is 5.70. The van der Waals surface area contributed by atoms with Crippen LogP contribution in [0.25, 0.3) is 21.9 Å². The van der Waals surface area contributed by atoms with Crippen molar-refractivity contribution in [3.8, 4) is 0 Å². The second kappa shape index (κ2) is 8.79. The highest BCUT2D eigenvalue weighted by Crippen LogP contribution is 2.26. The monoisotopic (exact) mass is 433 g/mol. The number of amides is 1. The minimum absolute atomic E-state index is 0.0636. The van der Waals surface area contributed by atoms with E-state index >= 15 is 0 Å². The van der Waals surface area contributed by atoms with Crippen LogP contribution in [0.15, 0.2) is 59.0 Å². The van der Waals surface area contributed by atoms with Gasteiger partial charge in [0.25, 0.3) is 5.91 Å². The van der Waals surface area contributed by atoms with Crippen LogP contribution in [0.1, 0.15) is 48.9 Å². The molecule has 1 aliphatic rings. The molecule has 0 aliphatic heterocycles. The number of aromatic nitrogens is 1. The van der Waals surface area contributed by atoms with E-state index in [1.165, 1.54) is 12.1 Å². The van der Waals surface area contributed by atoms with Gasteiger partial charge in [0.1, 0.15) is 22.9 Å². The van der Waals surface area contributed by atoms with Gasteiger partial charge in [0.15, 0.2) is 0 Å². The van der Waals surface area contributed by atoms with Crippen LogP contribution in [-0.4, -0.2) is 34.4 Å². The lowest BCUT2D eigenvalue weighted by Crippen LogP contribution is -2.46. The number of nitrogens with zero attached hydrogens (tertiary/aromatic N) is 1. The third-order valence-electron chi connectivity index (χ3n) is 6.54. The average molecular weight is 434 g/mol. The summed E-state index contributed by atoms with van der Waals surface area (Å²) >= 11 is 0. The Hall–Kier alpha value is -3.12. The zero-order chi connectivity index (χ0) is 22.1. The standard InChI is InChI=1S/C26H28FN3O2/c1-2-30(26(31)24-14-17-6-3-4-9-23(17)29-24)21-8-5-7-20(15-21)28-16-22-13-18-12-19(27)10-11-25(18)32-22/h3-4,6,9-14,20-21,28-29H,2,5,7-8,15-16H2,1H3. The van der Waals surface area contributed by atoms with Gasteiger partial charge in [0, 0.05) is 34.9 Å². The quantitative estimate of drug-likeness (QED) is 0.415. The Morgan fingerprint density at radius 2 is 2.03 bits per heavy atom. The van der Waals surface area contributed by atoms with Gasteiger partial charge in [-0.05, 0) is 69.0 Å². The van der Waals surface area contributed by atoms with Crippen LogP contribution in [0.4, 0.5) is 4.39 Å². The van der Waals surface area contributed by atoms with Crippen LogP contribution < -0.4 is 5.32 Å². The minimum atomic E-state index is -0.257. The molecule has 32 heavy (non-hydrogen) atoms. The van der Waals surface area contributed by atoms with Gasteiger partial charge in [0.05, 0.1) is 6.54 Å². The maximum absolute atomic E-state index is 13.4. The molecule has 6 heteroatoms. The lowest BCUT2D eigenvalue weighted by Gasteiger charge is -2.37. The molecule has 1 aliphatic carbocycles. The number of carbonyl (C=O) groups is 1. The SMILES string of the molecule is CCN(C(=O)c1cc2ccccc2[nH]1)C1CCCC(NCc2cc3cc(F)ccc3o2)C1. The molecular weight excluding hydrogens is 405 g/mol. The molecule has 0 spiro atoms. The second-order valence-electron chi connectivity index (χ2n) is 8.65. The molecule has 2 unspecified atom stereocenters. The number of rotatable bonds is 6. The Labute approximate surface area is 186 Å². The maximum Gasteiger partial charge on any atom is 0.270 e. The van der Waals surface area contributed by atoms with E-state index in [1.807, 2.05) is 48.2 Å². The normalized spacial score (nSPS) is 18.9. The molecule has 2 aromatic heterocycles. The van der Waals surface area contributed by atoms with Crippen LogP contribution in [0.2, 0.25) is 0 Å². The summed E-state index contributed by atoms with van der Waals surface area (Å²) in [4.78, 5) is 18.6. The third-order valence-corrected chi connectivity index (χ3v) is 6.54. The highest BCUT2D eigenvalue weighted by Gasteiger charge is 2.30. The molecule has 2 N–H and O–H groups in total. The number of halogens is 1. The summed E-state index contributed by atoms with van der Waals surface area (Å²) in [6.07, 6.45) is 4.07. The van der Waals surface area contributed by atoms with E-state index in [-0.39, 0.29) is 17.8 Å². The summed E-state index contributed by atoms with van der Waals surface area (Å²) in [6.45, 7) is 3.32. The van der Waals surface area contributed by atoms with E-state index in [2.05, 4.69) is 10.3 Å². The van der Waals surface area contributed by atoms with Crippen molar-refractivity contribution in [2.24, 2.45) is 0 Å². The Morgan fingerprint density at radius 1 is 1.16 bits per heavy atom. The first kappa shape index (κ1) is 20.8. The average Bonchev–Trinajstić information content (AvgIpc) is 3.42.